The first kappa shape index (κ1) is 19.3. The smallest absolute Gasteiger partial charge is 0.261 e. The van der Waals surface area contributed by atoms with Gasteiger partial charge in [0, 0.05) is 20.0 Å². The summed E-state index contributed by atoms with van der Waals surface area (Å²) in [7, 11) is 1.56. The Balaban J connectivity index is 1.54. The van der Waals surface area contributed by atoms with Crippen LogP contribution in [0.1, 0.15) is 17.7 Å². The molecule has 0 saturated heterocycles. The van der Waals surface area contributed by atoms with Crippen LogP contribution >= 0.6 is 0 Å². The minimum Gasteiger partial charge on any atom is -0.467 e. The zero-order valence-electron chi connectivity index (χ0n) is 15.8. The van der Waals surface area contributed by atoms with Gasteiger partial charge in [0.15, 0.2) is 0 Å². The molecular weight excluding hydrogens is 360 g/mol. The molecule has 2 heterocycles. The third-order valence-corrected chi connectivity index (χ3v) is 4.47. The van der Waals surface area contributed by atoms with Crippen LogP contribution in [0.5, 0.6) is 0 Å². The van der Waals surface area contributed by atoms with Crippen LogP contribution in [0.2, 0.25) is 0 Å². The number of rotatable bonds is 7. The lowest BCUT2D eigenvalue weighted by molar-refractivity contribution is -0.135. The first-order valence-electron chi connectivity index (χ1n) is 8.93. The first-order chi connectivity index (χ1) is 13.5. The Morgan fingerprint density at radius 1 is 1.25 bits per heavy atom. The highest BCUT2D eigenvalue weighted by Gasteiger charge is 2.14. The zero-order chi connectivity index (χ0) is 20.1. The van der Waals surface area contributed by atoms with Gasteiger partial charge in [-0.2, -0.15) is 0 Å². The van der Waals surface area contributed by atoms with Crippen molar-refractivity contribution in [1.82, 2.24) is 19.8 Å². The number of furan rings is 1. The molecule has 0 spiro atoms. The lowest BCUT2D eigenvalue weighted by Crippen LogP contribution is -2.38. The van der Waals surface area contributed by atoms with Gasteiger partial charge in [-0.25, -0.2) is 4.98 Å². The largest absolute Gasteiger partial charge is 0.467 e. The number of amides is 2. The highest BCUT2D eigenvalue weighted by Crippen LogP contribution is 2.11. The zero-order valence-corrected chi connectivity index (χ0v) is 15.8. The van der Waals surface area contributed by atoms with E-state index in [1.165, 1.54) is 22.1 Å². The maximum absolute atomic E-state index is 12.6. The van der Waals surface area contributed by atoms with Crippen LogP contribution in [0.25, 0.3) is 10.9 Å². The minimum absolute atomic E-state index is 0.0659. The minimum atomic E-state index is -0.285. The Labute approximate surface area is 161 Å². The van der Waals surface area contributed by atoms with Crippen molar-refractivity contribution in [2.75, 3.05) is 13.6 Å². The summed E-state index contributed by atoms with van der Waals surface area (Å²) in [6.07, 6.45) is 3.09. The van der Waals surface area contributed by atoms with E-state index in [1.807, 2.05) is 19.1 Å². The molecule has 28 heavy (non-hydrogen) atoms. The number of aromatic nitrogens is 2. The van der Waals surface area contributed by atoms with Crippen LogP contribution < -0.4 is 10.9 Å². The van der Waals surface area contributed by atoms with Gasteiger partial charge in [-0.1, -0.05) is 12.1 Å². The normalized spacial score (nSPS) is 10.8. The van der Waals surface area contributed by atoms with E-state index in [9.17, 15) is 14.4 Å². The van der Waals surface area contributed by atoms with Crippen LogP contribution in [0.15, 0.2) is 52.1 Å². The summed E-state index contributed by atoms with van der Waals surface area (Å²) in [4.78, 5) is 42.5. The van der Waals surface area contributed by atoms with Gasteiger partial charge in [0.1, 0.15) is 5.76 Å². The molecule has 146 valence electrons. The number of aryl methyl sites for hydroxylation is 2. The van der Waals surface area contributed by atoms with Gasteiger partial charge in [-0.3, -0.25) is 19.0 Å². The van der Waals surface area contributed by atoms with Gasteiger partial charge in [0.25, 0.3) is 5.56 Å². The topological polar surface area (TPSA) is 97.4 Å². The van der Waals surface area contributed by atoms with Crippen molar-refractivity contribution < 1.29 is 14.0 Å². The van der Waals surface area contributed by atoms with Crippen LogP contribution in [0, 0.1) is 6.92 Å². The SMILES string of the molecule is Cc1cccc2c(=O)n(CCC(=O)N(C)CC(=O)NCc3ccco3)cnc12. The number of hydrogen-bond donors (Lipinski definition) is 1. The van der Waals surface area contributed by atoms with Crippen molar-refractivity contribution in [2.24, 2.45) is 0 Å². The number of benzene rings is 1. The fourth-order valence-electron chi connectivity index (χ4n) is 2.86. The molecule has 0 aliphatic heterocycles. The van der Waals surface area contributed by atoms with Crippen molar-refractivity contribution >= 4 is 22.7 Å². The Hall–Kier alpha value is -3.42. The predicted octanol–water partition coefficient (Wildman–Crippen LogP) is 1.46. The molecular formula is C20H22N4O4. The number of likely N-dealkylation sites (N-methyl/N-ethyl adjacent to an activating group) is 1. The van der Waals surface area contributed by atoms with Gasteiger partial charge in [-0.15, -0.1) is 0 Å². The molecule has 0 saturated carbocycles. The summed E-state index contributed by atoms with van der Waals surface area (Å²) in [6.45, 7) is 2.30. The Morgan fingerprint density at radius 2 is 2.07 bits per heavy atom. The molecule has 0 aliphatic carbocycles. The van der Waals surface area contributed by atoms with Crippen molar-refractivity contribution in [1.29, 1.82) is 0 Å². The highest BCUT2D eigenvalue weighted by molar-refractivity contribution is 5.84. The molecule has 0 unspecified atom stereocenters. The van der Waals surface area contributed by atoms with E-state index in [0.717, 1.165) is 5.56 Å². The summed E-state index contributed by atoms with van der Waals surface area (Å²) >= 11 is 0. The summed E-state index contributed by atoms with van der Waals surface area (Å²) < 4.78 is 6.56. The monoisotopic (exact) mass is 382 g/mol. The molecule has 0 bridgehead atoms. The van der Waals surface area contributed by atoms with Crippen LogP contribution in [0.3, 0.4) is 0 Å². The summed E-state index contributed by atoms with van der Waals surface area (Å²) in [6, 6.07) is 8.93. The number of para-hydroxylation sites is 1. The van der Waals surface area contributed by atoms with Gasteiger partial charge in [0.05, 0.1) is 36.6 Å². The van der Waals surface area contributed by atoms with Crippen molar-refractivity contribution in [2.45, 2.75) is 26.4 Å². The fraction of sp³-hybridized carbons (Fsp3) is 0.300. The first-order valence-corrected chi connectivity index (χ1v) is 8.93. The molecule has 0 atom stereocenters. The van der Waals surface area contributed by atoms with Crippen LogP contribution in [0.4, 0.5) is 0 Å². The Bertz CT molecular complexity index is 1040. The van der Waals surface area contributed by atoms with Crippen molar-refractivity contribution in [3.8, 4) is 0 Å². The number of nitrogens with zero attached hydrogens (tertiary/aromatic N) is 3. The molecule has 1 aromatic carbocycles. The highest BCUT2D eigenvalue weighted by atomic mass is 16.3. The molecule has 0 fully saturated rings. The van der Waals surface area contributed by atoms with E-state index in [2.05, 4.69) is 10.3 Å². The molecule has 8 heteroatoms. The number of carbonyl (C=O) groups excluding carboxylic acids is 2. The van der Waals surface area contributed by atoms with E-state index >= 15 is 0 Å². The standard InChI is InChI=1S/C20H22N4O4/c1-14-5-3-7-16-19(14)22-13-24(20(16)27)9-8-18(26)23(2)12-17(25)21-11-15-6-4-10-28-15/h3-7,10,13H,8-9,11-12H2,1-2H3,(H,21,25). The number of nitrogens with one attached hydrogen (secondary N) is 1. The summed E-state index contributed by atoms with van der Waals surface area (Å²) in [5, 5.41) is 3.22. The number of fused-ring (bicyclic) bond motifs is 1. The lowest BCUT2D eigenvalue weighted by Gasteiger charge is -2.17. The second-order valence-electron chi connectivity index (χ2n) is 6.57. The second kappa shape index (κ2) is 8.51. The number of carbonyl (C=O) groups is 2. The van der Waals surface area contributed by atoms with Crippen molar-refractivity contribution in [3.05, 3.63) is 64.6 Å². The second-order valence-corrected chi connectivity index (χ2v) is 6.57. The maximum atomic E-state index is 12.6. The fourth-order valence-corrected chi connectivity index (χ4v) is 2.86. The molecule has 3 aromatic rings. The summed E-state index contributed by atoms with van der Waals surface area (Å²) in [5.41, 5.74) is 1.42. The predicted molar refractivity (Wildman–Crippen MR) is 104 cm³/mol. The molecule has 0 radical (unpaired) electrons. The molecule has 8 nitrogen and oxygen atoms in total. The average Bonchev–Trinajstić information content (AvgIpc) is 3.20. The van der Waals surface area contributed by atoms with Gasteiger partial charge in [-0.05, 0) is 30.7 Å². The van der Waals surface area contributed by atoms with Crippen LogP contribution in [-0.2, 0) is 22.7 Å². The van der Waals surface area contributed by atoms with Crippen LogP contribution in [-0.4, -0.2) is 39.9 Å². The summed E-state index contributed by atoms with van der Waals surface area (Å²) in [5.74, 6) is 0.123. The molecule has 3 rings (SSSR count). The lowest BCUT2D eigenvalue weighted by atomic mass is 10.1. The molecule has 1 N–H and O–H groups in total. The quantitative estimate of drug-likeness (QED) is 0.667. The van der Waals surface area contributed by atoms with E-state index in [-0.39, 0.29) is 43.4 Å². The van der Waals surface area contributed by atoms with E-state index in [4.69, 9.17) is 4.42 Å². The molecule has 2 amide bonds. The van der Waals surface area contributed by atoms with E-state index < -0.39 is 0 Å². The van der Waals surface area contributed by atoms with Gasteiger partial charge >= 0.3 is 0 Å². The average molecular weight is 382 g/mol. The molecule has 2 aromatic heterocycles. The third-order valence-electron chi connectivity index (χ3n) is 4.47. The van der Waals surface area contributed by atoms with E-state index in [0.29, 0.717) is 16.7 Å². The Morgan fingerprint density at radius 3 is 2.82 bits per heavy atom. The number of hydrogen-bond acceptors (Lipinski definition) is 5. The van der Waals surface area contributed by atoms with Crippen molar-refractivity contribution in [3.63, 3.8) is 0 Å². The van der Waals surface area contributed by atoms with E-state index in [1.54, 1.807) is 25.2 Å². The Kier molecular flexibility index (Phi) is 5.88. The van der Waals surface area contributed by atoms with Gasteiger partial charge < -0.3 is 14.6 Å². The third kappa shape index (κ3) is 4.46. The van der Waals surface area contributed by atoms with Gasteiger partial charge in [0.2, 0.25) is 11.8 Å². The maximum Gasteiger partial charge on any atom is 0.261 e. The molecule has 0 aliphatic rings.